The molecule has 3 aromatic rings. The van der Waals surface area contributed by atoms with Crippen molar-refractivity contribution in [2.75, 3.05) is 5.75 Å². The fourth-order valence-corrected chi connectivity index (χ4v) is 4.54. The Kier molecular flexibility index (Phi) is 9.87. The third-order valence-electron chi connectivity index (χ3n) is 6.24. The molecule has 0 saturated carbocycles. The zero-order chi connectivity index (χ0) is 22.8. The van der Waals surface area contributed by atoms with Crippen LogP contribution in [0.3, 0.4) is 0 Å². The summed E-state index contributed by atoms with van der Waals surface area (Å²) in [6.07, 6.45) is 10.4. The summed E-state index contributed by atoms with van der Waals surface area (Å²) >= 11 is 4.46. The summed E-state index contributed by atoms with van der Waals surface area (Å²) in [6, 6.07) is 20.8. The molecule has 0 saturated heterocycles. The third-order valence-corrected chi connectivity index (χ3v) is 6.47. The first-order chi connectivity index (χ1) is 15.7. The van der Waals surface area contributed by atoms with E-state index in [2.05, 4.69) is 75.0 Å². The molecule has 0 heterocycles. The van der Waals surface area contributed by atoms with E-state index in [9.17, 15) is 0 Å². The Balaban J connectivity index is 1.84. The lowest BCUT2D eigenvalue weighted by Gasteiger charge is -2.14. The predicted octanol–water partition coefficient (Wildman–Crippen LogP) is 9.10. The van der Waals surface area contributed by atoms with E-state index in [4.69, 9.17) is 0 Å². The topological polar surface area (TPSA) is 0 Å². The first kappa shape index (κ1) is 24.6. The minimum absolute atomic E-state index is 0.159. The molecular weight excluding hydrogens is 411 g/mol. The summed E-state index contributed by atoms with van der Waals surface area (Å²) in [4.78, 5) is 0. The molecule has 0 N–H and O–H groups in total. The Morgan fingerprint density at radius 3 is 1.59 bits per heavy atom. The Morgan fingerprint density at radius 2 is 1.12 bits per heavy atom. The lowest BCUT2D eigenvalue weighted by molar-refractivity contribution is 0.631. The molecule has 0 nitrogen and oxygen atoms in total. The van der Waals surface area contributed by atoms with Crippen molar-refractivity contribution in [2.45, 2.75) is 71.6 Å². The van der Waals surface area contributed by atoms with Crippen LogP contribution < -0.4 is 0 Å². The fourth-order valence-electron chi connectivity index (χ4n) is 4.30. The van der Waals surface area contributed by atoms with E-state index >= 15 is 4.39 Å². The molecule has 0 fully saturated rings. The van der Waals surface area contributed by atoms with Gasteiger partial charge in [0.1, 0.15) is 5.82 Å². The average Bonchev–Trinajstić information content (AvgIpc) is 2.81. The van der Waals surface area contributed by atoms with Gasteiger partial charge in [-0.25, -0.2) is 4.39 Å². The van der Waals surface area contributed by atoms with E-state index in [-0.39, 0.29) is 5.82 Å². The molecular formula is C30H37FS. The van der Waals surface area contributed by atoms with Gasteiger partial charge in [0.05, 0.1) is 0 Å². The normalized spacial score (nSPS) is 11.1. The van der Waals surface area contributed by atoms with E-state index in [1.807, 2.05) is 6.07 Å². The monoisotopic (exact) mass is 448 g/mol. The second-order valence-electron chi connectivity index (χ2n) is 8.77. The van der Waals surface area contributed by atoms with Crippen LogP contribution in [-0.4, -0.2) is 5.75 Å². The first-order valence-electron chi connectivity index (χ1n) is 12.3. The number of halogens is 1. The Bertz CT molecular complexity index is 957. The zero-order valence-corrected chi connectivity index (χ0v) is 20.6. The van der Waals surface area contributed by atoms with Gasteiger partial charge in [-0.05, 0) is 83.4 Å². The quantitative estimate of drug-likeness (QED) is 0.207. The van der Waals surface area contributed by atoms with Gasteiger partial charge in [-0.1, -0.05) is 88.1 Å². The molecule has 0 aliphatic heterocycles. The van der Waals surface area contributed by atoms with Crippen LogP contribution in [-0.2, 0) is 19.3 Å². The minimum Gasteiger partial charge on any atom is -0.206 e. The standard InChI is InChI=1S/C30H37FS/c1-3-5-7-9-23-11-15-25(16-12-23)28-22-30(31)29(21-27(28)19-20-32)26-17-13-24(14-18-26)10-8-6-4-2/h11-18,21-22,32H,3-10,19-20H2,1-2H3. The van der Waals surface area contributed by atoms with Crippen LogP contribution in [0.5, 0.6) is 0 Å². The highest BCUT2D eigenvalue weighted by molar-refractivity contribution is 7.80. The van der Waals surface area contributed by atoms with Crippen LogP contribution in [0, 0.1) is 5.82 Å². The Morgan fingerprint density at radius 1 is 0.625 bits per heavy atom. The molecule has 0 atom stereocenters. The molecule has 0 spiro atoms. The van der Waals surface area contributed by atoms with Crippen molar-refractivity contribution < 1.29 is 4.39 Å². The van der Waals surface area contributed by atoms with Crippen LogP contribution in [0.15, 0.2) is 60.7 Å². The van der Waals surface area contributed by atoms with Gasteiger partial charge in [0.25, 0.3) is 0 Å². The number of hydrogen-bond acceptors (Lipinski definition) is 1. The van der Waals surface area contributed by atoms with Crippen molar-refractivity contribution in [1.29, 1.82) is 0 Å². The Labute approximate surface area is 199 Å². The maximum atomic E-state index is 15.3. The van der Waals surface area contributed by atoms with Gasteiger partial charge >= 0.3 is 0 Å². The third kappa shape index (κ3) is 6.72. The number of aryl methyl sites for hydroxylation is 3. The molecule has 0 amide bonds. The van der Waals surface area contributed by atoms with Gasteiger partial charge in [0, 0.05) is 5.56 Å². The van der Waals surface area contributed by atoms with Gasteiger partial charge in [-0.15, -0.1) is 0 Å². The summed E-state index contributed by atoms with van der Waals surface area (Å²) in [6.45, 7) is 4.45. The van der Waals surface area contributed by atoms with Crippen LogP contribution in [0.1, 0.15) is 69.1 Å². The van der Waals surface area contributed by atoms with Crippen LogP contribution >= 0.6 is 12.6 Å². The zero-order valence-electron chi connectivity index (χ0n) is 19.7. The molecule has 0 bridgehead atoms. The summed E-state index contributed by atoms with van der Waals surface area (Å²) in [5, 5.41) is 0. The number of rotatable bonds is 12. The summed E-state index contributed by atoms with van der Waals surface area (Å²) in [7, 11) is 0. The SMILES string of the molecule is CCCCCc1ccc(-c2cc(CCS)c(-c3ccc(CCCCC)cc3)cc2F)cc1. The van der Waals surface area contributed by atoms with E-state index in [0.717, 1.165) is 47.3 Å². The van der Waals surface area contributed by atoms with Crippen molar-refractivity contribution in [2.24, 2.45) is 0 Å². The second-order valence-corrected chi connectivity index (χ2v) is 9.22. The summed E-state index contributed by atoms with van der Waals surface area (Å²) < 4.78 is 15.3. The van der Waals surface area contributed by atoms with Gasteiger partial charge in [-0.3, -0.25) is 0 Å². The van der Waals surface area contributed by atoms with Crippen LogP contribution in [0.2, 0.25) is 0 Å². The highest BCUT2D eigenvalue weighted by Crippen LogP contribution is 2.33. The van der Waals surface area contributed by atoms with Crippen LogP contribution in [0.25, 0.3) is 22.3 Å². The molecule has 3 aromatic carbocycles. The smallest absolute Gasteiger partial charge is 0.131 e. The molecule has 0 aliphatic rings. The van der Waals surface area contributed by atoms with Crippen molar-refractivity contribution in [3.05, 3.63) is 83.2 Å². The number of benzene rings is 3. The second kappa shape index (κ2) is 12.8. The number of thiol groups is 1. The van der Waals surface area contributed by atoms with Crippen molar-refractivity contribution in [1.82, 2.24) is 0 Å². The maximum absolute atomic E-state index is 15.3. The molecule has 170 valence electrons. The van der Waals surface area contributed by atoms with E-state index in [1.165, 1.54) is 49.7 Å². The Hall–Kier alpha value is -2.06. The largest absolute Gasteiger partial charge is 0.206 e. The first-order valence-corrected chi connectivity index (χ1v) is 12.9. The van der Waals surface area contributed by atoms with Gasteiger partial charge in [-0.2, -0.15) is 12.6 Å². The maximum Gasteiger partial charge on any atom is 0.131 e. The van der Waals surface area contributed by atoms with Gasteiger partial charge < -0.3 is 0 Å². The minimum atomic E-state index is -0.159. The van der Waals surface area contributed by atoms with Crippen LogP contribution in [0.4, 0.5) is 4.39 Å². The number of hydrogen-bond donors (Lipinski definition) is 1. The summed E-state index contributed by atoms with van der Waals surface area (Å²) in [5.74, 6) is 0.581. The van der Waals surface area contributed by atoms with Gasteiger partial charge in [0.2, 0.25) is 0 Å². The lowest BCUT2D eigenvalue weighted by Crippen LogP contribution is -1.97. The predicted molar refractivity (Wildman–Crippen MR) is 141 cm³/mol. The molecule has 0 aromatic heterocycles. The van der Waals surface area contributed by atoms with Crippen molar-refractivity contribution in [3.63, 3.8) is 0 Å². The van der Waals surface area contributed by atoms with E-state index < -0.39 is 0 Å². The van der Waals surface area contributed by atoms with Gasteiger partial charge in [0.15, 0.2) is 0 Å². The molecule has 32 heavy (non-hydrogen) atoms. The van der Waals surface area contributed by atoms with Crippen molar-refractivity contribution >= 4 is 12.6 Å². The molecule has 0 aliphatic carbocycles. The molecule has 0 unspecified atom stereocenters. The lowest BCUT2D eigenvalue weighted by atomic mass is 9.92. The highest BCUT2D eigenvalue weighted by atomic mass is 32.1. The molecule has 3 rings (SSSR count). The fraction of sp³-hybridized carbons (Fsp3) is 0.400. The van der Waals surface area contributed by atoms with E-state index in [0.29, 0.717) is 5.56 Å². The van der Waals surface area contributed by atoms with E-state index in [1.54, 1.807) is 6.07 Å². The highest BCUT2D eigenvalue weighted by Gasteiger charge is 2.13. The average molecular weight is 449 g/mol. The number of unbranched alkanes of at least 4 members (excludes halogenated alkanes) is 4. The molecule has 0 radical (unpaired) electrons. The molecule has 2 heteroatoms. The van der Waals surface area contributed by atoms with Crippen molar-refractivity contribution in [3.8, 4) is 22.3 Å². The summed E-state index contributed by atoms with van der Waals surface area (Å²) in [5.41, 5.74) is 7.53.